The SMILES string of the molecule is Cc1cc(N2C(=S)N[C@@H](c3ccccn3)[C@H]2c2cc(C)n(-c3cccc(C(F)(F)F)c3)c2C)ccc1F. The highest BCUT2D eigenvalue weighted by Gasteiger charge is 2.42. The highest BCUT2D eigenvalue weighted by molar-refractivity contribution is 7.80. The summed E-state index contributed by atoms with van der Waals surface area (Å²) in [5, 5.41) is 3.82. The van der Waals surface area contributed by atoms with E-state index in [1.54, 1.807) is 31.3 Å². The van der Waals surface area contributed by atoms with Crippen molar-refractivity contribution >= 4 is 23.0 Å². The van der Waals surface area contributed by atoms with E-state index in [1.165, 1.54) is 12.1 Å². The molecule has 9 heteroatoms. The van der Waals surface area contributed by atoms with Crippen LogP contribution in [-0.4, -0.2) is 14.7 Å². The number of anilines is 1. The van der Waals surface area contributed by atoms with E-state index in [2.05, 4.69) is 10.3 Å². The van der Waals surface area contributed by atoms with Gasteiger partial charge in [0.1, 0.15) is 5.82 Å². The smallest absolute Gasteiger partial charge is 0.351 e. The van der Waals surface area contributed by atoms with Crippen molar-refractivity contribution < 1.29 is 17.6 Å². The summed E-state index contributed by atoms with van der Waals surface area (Å²) in [6.07, 6.45) is -2.75. The Labute approximate surface area is 217 Å². The first-order chi connectivity index (χ1) is 17.6. The van der Waals surface area contributed by atoms with Gasteiger partial charge < -0.3 is 14.8 Å². The van der Waals surface area contributed by atoms with Crippen LogP contribution in [0.1, 0.15) is 45.9 Å². The van der Waals surface area contributed by atoms with Crippen LogP contribution in [0.5, 0.6) is 0 Å². The van der Waals surface area contributed by atoms with Gasteiger partial charge in [-0.2, -0.15) is 13.2 Å². The lowest BCUT2D eigenvalue weighted by atomic mass is 9.96. The third-order valence-corrected chi connectivity index (χ3v) is 7.05. The zero-order chi connectivity index (χ0) is 26.5. The second-order valence-electron chi connectivity index (χ2n) is 9.14. The van der Waals surface area contributed by atoms with E-state index >= 15 is 0 Å². The molecule has 1 aliphatic rings. The van der Waals surface area contributed by atoms with Gasteiger partial charge in [-0.3, -0.25) is 4.98 Å². The van der Waals surface area contributed by atoms with Crippen molar-refractivity contribution in [3.63, 3.8) is 0 Å². The normalized spacial score (nSPS) is 17.8. The van der Waals surface area contributed by atoms with E-state index in [-0.39, 0.29) is 17.9 Å². The fourth-order valence-corrected chi connectivity index (χ4v) is 5.38. The maximum absolute atomic E-state index is 14.1. The molecule has 0 radical (unpaired) electrons. The standard InChI is InChI=1S/C28H24F4N4S/c1-16-13-21(10-11-23(16)29)36-26(25(34-27(36)37)24-9-4-5-12-33-24)22-14-17(2)35(18(22)3)20-8-6-7-19(15-20)28(30,31)32/h4-15,25-26H,1-3H3,(H,34,37)/t25-,26+/m0/s1. The molecule has 5 rings (SSSR count). The number of hydrogen-bond donors (Lipinski definition) is 1. The first-order valence-corrected chi connectivity index (χ1v) is 12.1. The zero-order valence-electron chi connectivity index (χ0n) is 20.3. The molecule has 0 saturated carbocycles. The predicted octanol–water partition coefficient (Wildman–Crippen LogP) is 7.13. The van der Waals surface area contributed by atoms with Crippen LogP contribution in [-0.2, 0) is 6.18 Å². The number of rotatable bonds is 4. The molecule has 37 heavy (non-hydrogen) atoms. The first kappa shape index (κ1) is 25.0. The van der Waals surface area contributed by atoms with Gasteiger partial charge in [-0.15, -0.1) is 0 Å². The molecule has 1 N–H and O–H groups in total. The lowest BCUT2D eigenvalue weighted by molar-refractivity contribution is -0.137. The summed E-state index contributed by atoms with van der Waals surface area (Å²) in [6.45, 7) is 5.43. The minimum atomic E-state index is -4.45. The molecule has 0 bridgehead atoms. The van der Waals surface area contributed by atoms with Gasteiger partial charge >= 0.3 is 6.18 Å². The topological polar surface area (TPSA) is 33.1 Å². The molecule has 0 amide bonds. The molecule has 0 unspecified atom stereocenters. The van der Waals surface area contributed by atoms with Crippen LogP contribution in [0.25, 0.3) is 5.69 Å². The minimum Gasteiger partial charge on any atom is -0.351 e. The quantitative estimate of drug-likeness (QED) is 0.227. The summed E-state index contributed by atoms with van der Waals surface area (Å²) < 4.78 is 56.3. The maximum atomic E-state index is 14.1. The van der Waals surface area contributed by atoms with Crippen molar-refractivity contribution in [2.24, 2.45) is 0 Å². The highest BCUT2D eigenvalue weighted by Crippen LogP contribution is 2.44. The third kappa shape index (κ3) is 4.48. The number of thiocarbonyl (C=S) groups is 1. The average Bonchev–Trinajstić information content (AvgIpc) is 3.36. The van der Waals surface area contributed by atoms with Gasteiger partial charge in [0.2, 0.25) is 0 Å². The van der Waals surface area contributed by atoms with Gasteiger partial charge in [0.05, 0.1) is 23.3 Å². The number of aromatic nitrogens is 2. The minimum absolute atomic E-state index is 0.317. The Kier molecular flexibility index (Phi) is 6.27. The van der Waals surface area contributed by atoms with Crippen molar-refractivity contribution in [1.29, 1.82) is 0 Å². The lowest BCUT2D eigenvalue weighted by Crippen LogP contribution is -2.29. The number of benzene rings is 2. The predicted molar refractivity (Wildman–Crippen MR) is 139 cm³/mol. The molecule has 190 valence electrons. The summed E-state index contributed by atoms with van der Waals surface area (Å²) in [6, 6.07) is 17.0. The average molecular weight is 525 g/mol. The Morgan fingerprint density at radius 1 is 0.919 bits per heavy atom. The van der Waals surface area contributed by atoms with Crippen LogP contribution in [0, 0.1) is 26.6 Å². The van der Waals surface area contributed by atoms with Crippen molar-refractivity contribution in [1.82, 2.24) is 14.9 Å². The number of hydrogen-bond acceptors (Lipinski definition) is 2. The zero-order valence-corrected chi connectivity index (χ0v) is 21.2. The Morgan fingerprint density at radius 3 is 2.38 bits per heavy atom. The van der Waals surface area contributed by atoms with Crippen molar-refractivity contribution in [3.8, 4) is 5.69 Å². The molecule has 0 spiro atoms. The van der Waals surface area contributed by atoms with E-state index in [4.69, 9.17) is 12.2 Å². The number of halogens is 4. The van der Waals surface area contributed by atoms with Gasteiger partial charge in [-0.05, 0) is 98.7 Å². The van der Waals surface area contributed by atoms with Crippen LogP contribution in [0.15, 0.2) is 72.9 Å². The molecule has 2 aromatic carbocycles. The highest BCUT2D eigenvalue weighted by atomic mass is 32.1. The number of aryl methyl sites for hydroxylation is 2. The summed E-state index contributed by atoms with van der Waals surface area (Å²) in [7, 11) is 0. The van der Waals surface area contributed by atoms with Crippen molar-refractivity contribution in [2.45, 2.75) is 39.0 Å². The third-order valence-electron chi connectivity index (χ3n) is 6.74. The van der Waals surface area contributed by atoms with Crippen molar-refractivity contribution in [3.05, 3.63) is 113 Å². The van der Waals surface area contributed by atoms with E-state index in [9.17, 15) is 17.6 Å². The molecular weight excluding hydrogens is 500 g/mol. The van der Waals surface area contributed by atoms with Gasteiger partial charge in [0.15, 0.2) is 5.11 Å². The van der Waals surface area contributed by atoms with Crippen molar-refractivity contribution in [2.75, 3.05) is 4.90 Å². The maximum Gasteiger partial charge on any atom is 0.416 e. The molecular formula is C28H24F4N4S. The Morgan fingerprint density at radius 2 is 1.70 bits per heavy atom. The van der Waals surface area contributed by atoms with Gasteiger partial charge in [0.25, 0.3) is 0 Å². The second kappa shape index (κ2) is 9.30. The molecule has 1 saturated heterocycles. The Balaban J connectivity index is 1.68. The van der Waals surface area contributed by atoms with Crippen LogP contribution in [0.2, 0.25) is 0 Å². The molecule has 1 fully saturated rings. The molecule has 3 heterocycles. The summed E-state index contributed by atoms with van der Waals surface area (Å²) in [4.78, 5) is 6.48. The Hall–Kier alpha value is -3.72. The molecule has 0 aliphatic carbocycles. The molecule has 4 nitrogen and oxygen atoms in total. The Bertz CT molecular complexity index is 1480. The number of nitrogens with zero attached hydrogens (tertiary/aromatic N) is 3. The van der Waals surface area contributed by atoms with Crippen LogP contribution >= 0.6 is 12.2 Å². The second-order valence-corrected chi connectivity index (χ2v) is 9.53. The van der Waals surface area contributed by atoms with Crippen LogP contribution in [0.3, 0.4) is 0 Å². The van der Waals surface area contributed by atoms with Gasteiger partial charge in [-0.1, -0.05) is 12.1 Å². The fraction of sp³-hybridized carbons (Fsp3) is 0.214. The molecule has 2 aromatic heterocycles. The van der Waals surface area contributed by atoms with Crippen LogP contribution < -0.4 is 10.2 Å². The molecule has 4 aromatic rings. The summed E-state index contributed by atoms with van der Waals surface area (Å²) in [5.74, 6) is -0.317. The number of alkyl halides is 3. The summed E-state index contributed by atoms with van der Waals surface area (Å²) >= 11 is 5.75. The summed E-state index contributed by atoms with van der Waals surface area (Å²) in [5.41, 5.74) is 4.09. The first-order valence-electron chi connectivity index (χ1n) is 11.7. The lowest BCUT2D eigenvalue weighted by Gasteiger charge is -2.28. The number of nitrogens with one attached hydrogen (secondary N) is 1. The monoisotopic (exact) mass is 524 g/mol. The largest absolute Gasteiger partial charge is 0.416 e. The molecule has 2 atom stereocenters. The van der Waals surface area contributed by atoms with Crippen LogP contribution in [0.4, 0.5) is 23.2 Å². The van der Waals surface area contributed by atoms with Gasteiger partial charge in [0, 0.05) is 29.0 Å². The number of pyridine rings is 1. The van der Waals surface area contributed by atoms with E-state index < -0.39 is 11.7 Å². The van der Waals surface area contributed by atoms with E-state index in [1.807, 2.05) is 47.6 Å². The fourth-order valence-electron chi connectivity index (χ4n) is 5.03. The van der Waals surface area contributed by atoms with Gasteiger partial charge in [-0.25, -0.2) is 4.39 Å². The molecule has 1 aliphatic heterocycles. The van der Waals surface area contributed by atoms with E-state index in [0.717, 1.165) is 34.8 Å². The van der Waals surface area contributed by atoms with E-state index in [0.29, 0.717) is 22.1 Å².